The number of nitrogens with zero attached hydrogens (tertiary/aromatic N) is 4. The summed E-state index contributed by atoms with van der Waals surface area (Å²) in [5, 5.41) is 6.83. The standard InChI is InChI=1S/C28H31ClN6O4/c1-28(2)16-34(17-28)24(37)15-35-25-20(22(7-9-31-25)33-11-8-23(36)30-10-12-33)13-21(27(35)39)26(38)32-14-18-3-5-19(29)6-4-18/h3-7,9,13H,8,10-12,14-17H2,1-2H3,(H,30,36)(H,32,38). The first-order chi connectivity index (χ1) is 18.6. The van der Waals surface area contributed by atoms with Gasteiger partial charge in [0.25, 0.3) is 11.5 Å². The average molecular weight is 551 g/mol. The largest absolute Gasteiger partial charge is 0.369 e. The number of aromatic nitrogens is 2. The topological polar surface area (TPSA) is 117 Å². The minimum Gasteiger partial charge on any atom is -0.369 e. The number of likely N-dealkylation sites (tertiary alicyclic amines) is 1. The number of amides is 3. The van der Waals surface area contributed by atoms with Crippen LogP contribution in [0.1, 0.15) is 36.2 Å². The Bertz CT molecular complexity index is 1490. The highest BCUT2D eigenvalue weighted by Crippen LogP contribution is 2.30. The number of fused-ring (bicyclic) bond motifs is 1. The smallest absolute Gasteiger partial charge is 0.265 e. The van der Waals surface area contributed by atoms with Crippen LogP contribution in [0.15, 0.2) is 47.4 Å². The molecule has 0 bridgehead atoms. The summed E-state index contributed by atoms with van der Waals surface area (Å²) in [6.07, 6.45) is 1.91. The molecular weight excluding hydrogens is 520 g/mol. The van der Waals surface area contributed by atoms with E-state index < -0.39 is 11.5 Å². The normalized spacial score (nSPS) is 16.8. The zero-order valence-corrected chi connectivity index (χ0v) is 22.8. The van der Waals surface area contributed by atoms with Crippen LogP contribution in [-0.4, -0.2) is 64.9 Å². The van der Waals surface area contributed by atoms with Crippen molar-refractivity contribution in [1.29, 1.82) is 0 Å². The molecule has 1 aromatic carbocycles. The van der Waals surface area contributed by atoms with Gasteiger partial charge >= 0.3 is 0 Å². The molecule has 3 amide bonds. The Hall–Kier alpha value is -3.92. The summed E-state index contributed by atoms with van der Waals surface area (Å²) in [4.78, 5) is 60.3. The Morgan fingerprint density at radius 3 is 2.56 bits per heavy atom. The molecule has 2 aliphatic rings. The molecule has 2 aromatic heterocycles. The first-order valence-corrected chi connectivity index (χ1v) is 13.3. The first-order valence-electron chi connectivity index (χ1n) is 13.0. The number of hydrogen-bond acceptors (Lipinski definition) is 6. The molecule has 2 fully saturated rings. The number of hydrogen-bond donors (Lipinski definition) is 2. The number of pyridine rings is 2. The van der Waals surface area contributed by atoms with Crippen LogP contribution in [0.4, 0.5) is 5.69 Å². The predicted octanol–water partition coefficient (Wildman–Crippen LogP) is 2.17. The van der Waals surface area contributed by atoms with E-state index in [4.69, 9.17) is 11.6 Å². The fourth-order valence-electron chi connectivity index (χ4n) is 5.13. The van der Waals surface area contributed by atoms with Gasteiger partial charge in [0.15, 0.2) is 0 Å². The van der Waals surface area contributed by atoms with E-state index in [-0.39, 0.29) is 35.9 Å². The predicted molar refractivity (Wildman–Crippen MR) is 149 cm³/mol. The van der Waals surface area contributed by atoms with Crippen molar-refractivity contribution in [3.63, 3.8) is 0 Å². The molecule has 2 aliphatic heterocycles. The molecule has 0 saturated carbocycles. The van der Waals surface area contributed by atoms with Crippen molar-refractivity contribution in [2.75, 3.05) is 37.6 Å². The van der Waals surface area contributed by atoms with Crippen LogP contribution in [0.25, 0.3) is 11.0 Å². The molecule has 204 valence electrons. The Morgan fingerprint density at radius 1 is 1.10 bits per heavy atom. The van der Waals surface area contributed by atoms with Gasteiger partial charge in [0.2, 0.25) is 11.8 Å². The van der Waals surface area contributed by atoms with Gasteiger partial charge in [0.1, 0.15) is 17.8 Å². The van der Waals surface area contributed by atoms with E-state index >= 15 is 0 Å². The summed E-state index contributed by atoms with van der Waals surface area (Å²) in [6.45, 7) is 6.86. The quantitative estimate of drug-likeness (QED) is 0.486. The van der Waals surface area contributed by atoms with Crippen LogP contribution in [-0.2, 0) is 22.7 Å². The van der Waals surface area contributed by atoms with E-state index in [9.17, 15) is 19.2 Å². The van der Waals surface area contributed by atoms with Gasteiger partial charge in [-0.1, -0.05) is 37.6 Å². The molecule has 3 aromatic rings. The van der Waals surface area contributed by atoms with Crippen LogP contribution in [0.2, 0.25) is 5.02 Å². The van der Waals surface area contributed by atoms with E-state index in [1.54, 1.807) is 41.4 Å². The second kappa shape index (κ2) is 10.7. The molecule has 0 unspecified atom stereocenters. The number of benzene rings is 1. The van der Waals surface area contributed by atoms with Crippen molar-refractivity contribution in [2.45, 2.75) is 33.4 Å². The average Bonchev–Trinajstić information content (AvgIpc) is 3.12. The highest BCUT2D eigenvalue weighted by molar-refractivity contribution is 6.30. The van der Waals surface area contributed by atoms with Crippen molar-refractivity contribution >= 4 is 46.0 Å². The number of carbonyl (C=O) groups is 3. The van der Waals surface area contributed by atoms with Crippen molar-refractivity contribution in [1.82, 2.24) is 25.1 Å². The minimum absolute atomic E-state index is 0.0295. The molecule has 11 heteroatoms. The van der Waals surface area contributed by atoms with Gasteiger partial charge in [-0.05, 0) is 35.2 Å². The summed E-state index contributed by atoms with van der Waals surface area (Å²) >= 11 is 5.96. The molecule has 2 N–H and O–H groups in total. The van der Waals surface area contributed by atoms with Gasteiger partial charge in [-0.25, -0.2) is 4.98 Å². The monoisotopic (exact) mass is 550 g/mol. The molecule has 4 heterocycles. The maximum atomic E-state index is 13.7. The number of anilines is 1. The van der Waals surface area contributed by atoms with Gasteiger partial charge in [0.05, 0.1) is 0 Å². The third kappa shape index (κ3) is 5.75. The Kier molecular flexibility index (Phi) is 7.31. The van der Waals surface area contributed by atoms with Crippen LogP contribution >= 0.6 is 11.6 Å². The van der Waals surface area contributed by atoms with Gasteiger partial charge in [0, 0.05) is 68.0 Å². The van der Waals surface area contributed by atoms with Gasteiger partial charge in [-0.2, -0.15) is 0 Å². The minimum atomic E-state index is -0.582. The SMILES string of the molecule is CC1(C)CN(C(=O)Cn2c(=O)c(C(=O)NCc3ccc(Cl)cc3)cc3c(N4CCNC(=O)CC4)ccnc32)C1. The van der Waals surface area contributed by atoms with Crippen molar-refractivity contribution in [3.05, 3.63) is 69.1 Å². The van der Waals surface area contributed by atoms with Crippen LogP contribution in [0.5, 0.6) is 0 Å². The summed E-state index contributed by atoms with van der Waals surface area (Å²) < 4.78 is 1.30. The Balaban J connectivity index is 1.53. The van der Waals surface area contributed by atoms with E-state index in [0.717, 1.165) is 11.3 Å². The third-order valence-electron chi connectivity index (χ3n) is 7.11. The lowest BCUT2D eigenvalue weighted by Gasteiger charge is -2.45. The summed E-state index contributed by atoms with van der Waals surface area (Å²) in [7, 11) is 0. The van der Waals surface area contributed by atoms with E-state index in [0.29, 0.717) is 55.2 Å². The van der Waals surface area contributed by atoms with Gasteiger partial charge in [-0.15, -0.1) is 0 Å². The van der Waals surface area contributed by atoms with E-state index in [2.05, 4.69) is 29.5 Å². The summed E-state index contributed by atoms with van der Waals surface area (Å²) in [6, 6.07) is 10.4. The number of nitrogens with one attached hydrogen (secondary N) is 2. The van der Waals surface area contributed by atoms with Gasteiger partial charge < -0.3 is 20.4 Å². The Labute approximate surface area is 230 Å². The summed E-state index contributed by atoms with van der Waals surface area (Å²) in [5.74, 6) is -0.781. The molecule has 0 aliphatic carbocycles. The number of carbonyl (C=O) groups excluding carboxylic acids is 3. The highest BCUT2D eigenvalue weighted by Gasteiger charge is 2.37. The maximum Gasteiger partial charge on any atom is 0.265 e. The second-order valence-electron chi connectivity index (χ2n) is 10.8. The van der Waals surface area contributed by atoms with Crippen molar-refractivity contribution < 1.29 is 14.4 Å². The molecule has 10 nitrogen and oxygen atoms in total. The number of rotatable bonds is 6. The van der Waals surface area contributed by atoms with Gasteiger partial charge in [-0.3, -0.25) is 23.7 Å². The van der Waals surface area contributed by atoms with Crippen molar-refractivity contribution in [3.8, 4) is 0 Å². The van der Waals surface area contributed by atoms with Crippen LogP contribution in [0, 0.1) is 5.41 Å². The molecule has 0 radical (unpaired) electrons. The van der Waals surface area contributed by atoms with Crippen LogP contribution < -0.4 is 21.1 Å². The van der Waals surface area contributed by atoms with Crippen LogP contribution in [0.3, 0.4) is 0 Å². The lowest BCUT2D eigenvalue weighted by atomic mass is 9.84. The van der Waals surface area contributed by atoms with Crippen molar-refractivity contribution in [2.24, 2.45) is 5.41 Å². The highest BCUT2D eigenvalue weighted by atomic mass is 35.5. The first kappa shape index (κ1) is 26.7. The molecule has 39 heavy (non-hydrogen) atoms. The molecule has 2 saturated heterocycles. The third-order valence-corrected chi connectivity index (χ3v) is 7.37. The molecular formula is C28H31ClN6O4. The Morgan fingerprint density at radius 2 is 1.85 bits per heavy atom. The zero-order chi connectivity index (χ0) is 27.7. The van der Waals surface area contributed by atoms with E-state index in [1.165, 1.54) is 4.57 Å². The fraction of sp³-hybridized carbons (Fsp3) is 0.393. The molecule has 5 rings (SSSR count). The second-order valence-corrected chi connectivity index (χ2v) is 11.3. The number of halogens is 1. The lowest BCUT2D eigenvalue weighted by Crippen LogP contribution is -2.56. The summed E-state index contributed by atoms with van der Waals surface area (Å²) in [5.41, 5.74) is 1.27. The fourth-order valence-corrected chi connectivity index (χ4v) is 5.25. The zero-order valence-electron chi connectivity index (χ0n) is 22.0. The lowest BCUT2D eigenvalue weighted by molar-refractivity contribution is -0.142. The van der Waals surface area contributed by atoms with E-state index in [1.807, 2.05) is 11.0 Å². The molecule has 0 spiro atoms. The molecule has 0 atom stereocenters. The maximum absolute atomic E-state index is 13.7.